The van der Waals surface area contributed by atoms with Crippen molar-refractivity contribution in [1.82, 2.24) is 5.32 Å². The van der Waals surface area contributed by atoms with Crippen LogP contribution in [-0.2, 0) is 9.59 Å². The van der Waals surface area contributed by atoms with Gasteiger partial charge < -0.3 is 10.4 Å². The van der Waals surface area contributed by atoms with Crippen LogP contribution in [0.4, 0.5) is 0 Å². The minimum absolute atomic E-state index is 0.00445. The van der Waals surface area contributed by atoms with Crippen LogP contribution in [0.5, 0.6) is 0 Å². The highest BCUT2D eigenvalue weighted by Crippen LogP contribution is 2.19. The third kappa shape index (κ3) is 6.93. The smallest absolute Gasteiger partial charge is 0.303 e. The van der Waals surface area contributed by atoms with Gasteiger partial charge in [0.15, 0.2) is 0 Å². The van der Waals surface area contributed by atoms with E-state index in [0.29, 0.717) is 18.8 Å². The molecule has 2 N–H and O–H groups in total. The van der Waals surface area contributed by atoms with Gasteiger partial charge in [0.1, 0.15) is 0 Å². The van der Waals surface area contributed by atoms with Crippen LogP contribution >= 0.6 is 0 Å². The average molecular weight is 291 g/mol. The van der Waals surface area contributed by atoms with Crippen molar-refractivity contribution >= 4 is 11.9 Å². The van der Waals surface area contributed by atoms with Gasteiger partial charge >= 0.3 is 5.97 Å². The second kappa shape index (κ2) is 9.16. The monoisotopic (exact) mass is 291 g/mol. The summed E-state index contributed by atoms with van der Waals surface area (Å²) in [5, 5.41) is 11.8. The van der Waals surface area contributed by atoms with Crippen molar-refractivity contribution in [3.8, 4) is 0 Å². The standard InChI is InChI=1S/C17H25NO3/c1-3-7-13(2)12-16(19)18-15(10-11-17(20)21)14-8-5-4-6-9-14/h4-6,8-9,13,15H,3,7,10-12H2,1-2H3,(H,18,19)(H,20,21). The van der Waals surface area contributed by atoms with Gasteiger partial charge in [-0.05, 0) is 17.9 Å². The summed E-state index contributed by atoms with van der Waals surface area (Å²) < 4.78 is 0. The molecule has 0 aliphatic heterocycles. The first-order valence-electron chi connectivity index (χ1n) is 7.59. The summed E-state index contributed by atoms with van der Waals surface area (Å²) in [4.78, 5) is 22.9. The van der Waals surface area contributed by atoms with Crippen molar-refractivity contribution in [1.29, 1.82) is 0 Å². The van der Waals surface area contributed by atoms with E-state index in [2.05, 4.69) is 19.2 Å². The van der Waals surface area contributed by atoms with E-state index < -0.39 is 5.97 Å². The first-order chi connectivity index (χ1) is 10.0. The number of benzene rings is 1. The number of carboxylic acid groups (broad SMARTS) is 1. The molecule has 116 valence electrons. The number of carbonyl (C=O) groups is 2. The highest BCUT2D eigenvalue weighted by molar-refractivity contribution is 5.76. The highest BCUT2D eigenvalue weighted by atomic mass is 16.4. The molecule has 2 unspecified atom stereocenters. The molecule has 0 aliphatic carbocycles. The molecule has 0 spiro atoms. The zero-order valence-electron chi connectivity index (χ0n) is 12.8. The molecule has 1 rings (SSSR count). The first kappa shape index (κ1) is 17.2. The Balaban J connectivity index is 2.64. The SMILES string of the molecule is CCCC(C)CC(=O)NC(CCC(=O)O)c1ccccc1. The van der Waals surface area contributed by atoms with E-state index in [0.717, 1.165) is 18.4 Å². The van der Waals surface area contributed by atoms with E-state index in [1.807, 2.05) is 30.3 Å². The van der Waals surface area contributed by atoms with Crippen molar-refractivity contribution in [2.24, 2.45) is 5.92 Å². The Morgan fingerprint density at radius 1 is 1.19 bits per heavy atom. The summed E-state index contributed by atoms with van der Waals surface area (Å²) in [6.07, 6.45) is 3.04. The fourth-order valence-electron chi connectivity index (χ4n) is 2.44. The molecule has 0 fully saturated rings. The lowest BCUT2D eigenvalue weighted by Crippen LogP contribution is -2.30. The van der Waals surface area contributed by atoms with Gasteiger partial charge in [0.25, 0.3) is 0 Å². The molecule has 0 heterocycles. The molecule has 1 aromatic carbocycles. The van der Waals surface area contributed by atoms with Crippen LogP contribution in [0, 0.1) is 5.92 Å². The lowest BCUT2D eigenvalue weighted by molar-refractivity contribution is -0.137. The van der Waals surface area contributed by atoms with Crippen molar-refractivity contribution in [3.63, 3.8) is 0 Å². The molecule has 0 bridgehead atoms. The molecule has 1 amide bonds. The normalized spacial score (nSPS) is 13.4. The Kier molecular flexibility index (Phi) is 7.51. The van der Waals surface area contributed by atoms with E-state index >= 15 is 0 Å². The number of rotatable bonds is 9. The average Bonchev–Trinajstić information content (AvgIpc) is 2.44. The van der Waals surface area contributed by atoms with Crippen LogP contribution in [0.25, 0.3) is 0 Å². The topological polar surface area (TPSA) is 66.4 Å². The van der Waals surface area contributed by atoms with E-state index in [-0.39, 0.29) is 18.4 Å². The Morgan fingerprint density at radius 2 is 1.86 bits per heavy atom. The second-order valence-electron chi connectivity index (χ2n) is 5.56. The predicted molar refractivity (Wildman–Crippen MR) is 82.9 cm³/mol. The molecular formula is C17H25NO3. The Bertz CT molecular complexity index is 445. The number of hydrogen-bond donors (Lipinski definition) is 2. The molecule has 0 saturated heterocycles. The van der Waals surface area contributed by atoms with Gasteiger partial charge in [0, 0.05) is 12.8 Å². The molecule has 0 aromatic heterocycles. The Morgan fingerprint density at radius 3 is 2.43 bits per heavy atom. The van der Waals surface area contributed by atoms with Crippen molar-refractivity contribution < 1.29 is 14.7 Å². The minimum atomic E-state index is -0.843. The molecule has 0 radical (unpaired) electrons. The molecule has 4 nitrogen and oxygen atoms in total. The number of carbonyl (C=O) groups excluding carboxylic acids is 1. The summed E-state index contributed by atoms with van der Waals surface area (Å²) in [5.74, 6) is -0.495. The highest BCUT2D eigenvalue weighted by Gasteiger charge is 2.17. The van der Waals surface area contributed by atoms with E-state index in [1.165, 1.54) is 0 Å². The van der Waals surface area contributed by atoms with Crippen LogP contribution in [0.1, 0.15) is 57.6 Å². The number of aliphatic carboxylic acids is 1. The molecule has 0 saturated carbocycles. The maximum atomic E-state index is 12.1. The minimum Gasteiger partial charge on any atom is -0.481 e. The molecule has 21 heavy (non-hydrogen) atoms. The van der Waals surface area contributed by atoms with Gasteiger partial charge in [-0.25, -0.2) is 0 Å². The number of amides is 1. The molecular weight excluding hydrogens is 266 g/mol. The zero-order chi connectivity index (χ0) is 15.7. The second-order valence-corrected chi connectivity index (χ2v) is 5.56. The van der Waals surface area contributed by atoms with Crippen LogP contribution in [0.2, 0.25) is 0 Å². The number of nitrogens with one attached hydrogen (secondary N) is 1. The Labute approximate surface area is 126 Å². The number of hydrogen-bond acceptors (Lipinski definition) is 2. The maximum Gasteiger partial charge on any atom is 0.303 e. The predicted octanol–water partition coefficient (Wildman–Crippen LogP) is 3.54. The fraction of sp³-hybridized carbons (Fsp3) is 0.529. The van der Waals surface area contributed by atoms with Gasteiger partial charge in [-0.1, -0.05) is 57.0 Å². The lowest BCUT2D eigenvalue weighted by atomic mass is 9.99. The van der Waals surface area contributed by atoms with Crippen molar-refractivity contribution in [3.05, 3.63) is 35.9 Å². The summed E-state index contributed by atoms with van der Waals surface area (Å²) in [7, 11) is 0. The quantitative estimate of drug-likeness (QED) is 0.731. The molecule has 1 aromatic rings. The van der Waals surface area contributed by atoms with Gasteiger partial charge in [-0.2, -0.15) is 0 Å². The van der Waals surface area contributed by atoms with Gasteiger partial charge in [-0.3, -0.25) is 9.59 Å². The summed E-state index contributed by atoms with van der Waals surface area (Å²) in [5.41, 5.74) is 0.954. The third-order valence-corrected chi connectivity index (χ3v) is 3.50. The van der Waals surface area contributed by atoms with Crippen LogP contribution in [-0.4, -0.2) is 17.0 Å². The van der Waals surface area contributed by atoms with Gasteiger partial charge in [0.2, 0.25) is 5.91 Å². The van der Waals surface area contributed by atoms with Crippen LogP contribution in [0.15, 0.2) is 30.3 Å². The summed E-state index contributed by atoms with van der Waals surface area (Å²) in [6, 6.07) is 9.31. The summed E-state index contributed by atoms with van der Waals surface area (Å²) >= 11 is 0. The number of carboxylic acids is 1. The molecule has 2 atom stereocenters. The molecule has 4 heteroatoms. The van der Waals surface area contributed by atoms with Gasteiger partial charge in [0.05, 0.1) is 6.04 Å². The lowest BCUT2D eigenvalue weighted by Gasteiger charge is -2.20. The van der Waals surface area contributed by atoms with Crippen molar-refractivity contribution in [2.75, 3.05) is 0 Å². The van der Waals surface area contributed by atoms with E-state index in [1.54, 1.807) is 0 Å². The van der Waals surface area contributed by atoms with Crippen LogP contribution in [0.3, 0.4) is 0 Å². The van der Waals surface area contributed by atoms with Crippen molar-refractivity contribution in [2.45, 2.75) is 52.0 Å². The largest absolute Gasteiger partial charge is 0.481 e. The Hall–Kier alpha value is -1.84. The van der Waals surface area contributed by atoms with E-state index in [9.17, 15) is 9.59 Å². The van der Waals surface area contributed by atoms with Crippen LogP contribution < -0.4 is 5.32 Å². The molecule has 0 aliphatic rings. The summed E-state index contributed by atoms with van der Waals surface area (Å²) in [6.45, 7) is 4.17. The first-order valence-corrected chi connectivity index (χ1v) is 7.59. The zero-order valence-corrected chi connectivity index (χ0v) is 12.8. The van der Waals surface area contributed by atoms with E-state index in [4.69, 9.17) is 5.11 Å². The fourth-order valence-corrected chi connectivity index (χ4v) is 2.44. The van der Waals surface area contributed by atoms with Gasteiger partial charge in [-0.15, -0.1) is 0 Å². The maximum absolute atomic E-state index is 12.1. The third-order valence-electron chi connectivity index (χ3n) is 3.50.